The van der Waals surface area contributed by atoms with Gasteiger partial charge in [-0.2, -0.15) is 0 Å². The van der Waals surface area contributed by atoms with Crippen LogP contribution in [0.4, 0.5) is 10.1 Å². The smallest absolute Gasteiger partial charge is 0.259 e. The first-order chi connectivity index (χ1) is 14.1. The molecular formula is C22H19BrFN3O2. The van der Waals surface area contributed by atoms with E-state index in [1.165, 1.54) is 12.1 Å². The van der Waals surface area contributed by atoms with Crippen molar-refractivity contribution < 1.29 is 13.9 Å². The highest BCUT2D eigenvalue weighted by atomic mass is 79.9. The van der Waals surface area contributed by atoms with Crippen LogP contribution < -0.4 is 9.64 Å². The Labute approximate surface area is 176 Å². The third-order valence-electron chi connectivity index (χ3n) is 4.79. The van der Waals surface area contributed by atoms with Gasteiger partial charge in [0, 0.05) is 42.5 Å². The molecule has 1 amide bonds. The number of pyridine rings is 1. The normalized spacial score (nSPS) is 14.0. The van der Waals surface area contributed by atoms with Crippen LogP contribution in [0.2, 0.25) is 0 Å². The average Bonchev–Trinajstić information content (AvgIpc) is 2.76. The number of benzene rings is 2. The molecule has 3 aromatic rings. The molecule has 0 N–H and O–H groups in total. The zero-order valence-electron chi connectivity index (χ0n) is 15.6. The highest BCUT2D eigenvalue weighted by molar-refractivity contribution is 9.10. The molecule has 1 aromatic heterocycles. The minimum Gasteiger partial charge on any atom is -0.438 e. The predicted octanol–water partition coefficient (Wildman–Crippen LogP) is 4.74. The minimum atomic E-state index is -0.252. The molecule has 5 nitrogen and oxygen atoms in total. The van der Waals surface area contributed by atoms with E-state index < -0.39 is 0 Å². The highest BCUT2D eigenvalue weighted by Gasteiger charge is 2.25. The van der Waals surface area contributed by atoms with Gasteiger partial charge in [0.25, 0.3) is 5.91 Å². The van der Waals surface area contributed by atoms with E-state index in [0.29, 0.717) is 43.4 Å². The first kappa shape index (κ1) is 19.4. The zero-order valence-corrected chi connectivity index (χ0v) is 17.2. The molecule has 0 atom stereocenters. The first-order valence-electron chi connectivity index (χ1n) is 9.28. The second-order valence-corrected chi connectivity index (χ2v) is 7.58. The molecule has 0 unspecified atom stereocenters. The van der Waals surface area contributed by atoms with Crippen LogP contribution >= 0.6 is 15.9 Å². The molecule has 148 valence electrons. The maximum atomic E-state index is 13.1. The van der Waals surface area contributed by atoms with Crippen molar-refractivity contribution in [1.29, 1.82) is 0 Å². The summed E-state index contributed by atoms with van der Waals surface area (Å²) in [5, 5.41) is 0. The third kappa shape index (κ3) is 4.56. The van der Waals surface area contributed by atoms with Gasteiger partial charge in [0.15, 0.2) is 0 Å². The number of anilines is 1. The van der Waals surface area contributed by atoms with Crippen molar-refractivity contribution in [3.63, 3.8) is 0 Å². The van der Waals surface area contributed by atoms with Crippen LogP contribution in [0.3, 0.4) is 0 Å². The number of hydrogen-bond donors (Lipinski definition) is 0. The fourth-order valence-corrected chi connectivity index (χ4v) is 3.50. The van der Waals surface area contributed by atoms with E-state index in [9.17, 15) is 9.18 Å². The van der Waals surface area contributed by atoms with Crippen LogP contribution in [0.5, 0.6) is 11.6 Å². The van der Waals surface area contributed by atoms with Gasteiger partial charge < -0.3 is 14.5 Å². The summed E-state index contributed by atoms with van der Waals surface area (Å²) in [4.78, 5) is 21.3. The SMILES string of the molecule is O=C(c1cccnc1Oc1ccc(Br)cc1)N1CCN(c2ccc(F)cc2)CC1. The Morgan fingerprint density at radius 2 is 1.66 bits per heavy atom. The number of carbonyl (C=O) groups is 1. The molecule has 1 fully saturated rings. The summed E-state index contributed by atoms with van der Waals surface area (Å²) in [5.74, 6) is 0.546. The maximum absolute atomic E-state index is 13.1. The highest BCUT2D eigenvalue weighted by Crippen LogP contribution is 2.26. The Morgan fingerprint density at radius 1 is 0.966 bits per heavy atom. The number of hydrogen-bond acceptors (Lipinski definition) is 4. The number of nitrogens with zero attached hydrogens (tertiary/aromatic N) is 3. The number of halogens is 2. The quantitative estimate of drug-likeness (QED) is 0.569. The van der Waals surface area contributed by atoms with Crippen molar-refractivity contribution in [3.8, 4) is 11.6 Å². The Balaban J connectivity index is 1.45. The van der Waals surface area contributed by atoms with Crippen molar-refractivity contribution in [2.45, 2.75) is 0 Å². The topological polar surface area (TPSA) is 45.7 Å². The molecule has 0 bridgehead atoms. The molecule has 29 heavy (non-hydrogen) atoms. The lowest BCUT2D eigenvalue weighted by atomic mass is 10.2. The standard InChI is InChI=1S/C22H19BrFN3O2/c23-16-3-9-19(10-4-16)29-21-20(2-1-11-25-21)22(28)27-14-12-26(13-15-27)18-7-5-17(24)6-8-18/h1-11H,12-15H2. The lowest BCUT2D eigenvalue weighted by molar-refractivity contribution is 0.0743. The first-order valence-corrected chi connectivity index (χ1v) is 10.1. The minimum absolute atomic E-state index is 0.107. The van der Waals surface area contributed by atoms with Crippen molar-refractivity contribution in [3.05, 3.63) is 82.7 Å². The Kier molecular flexibility index (Phi) is 5.76. The Hall–Kier alpha value is -2.93. The van der Waals surface area contributed by atoms with Crippen molar-refractivity contribution in [2.75, 3.05) is 31.1 Å². The third-order valence-corrected chi connectivity index (χ3v) is 5.32. The summed E-state index contributed by atoms with van der Waals surface area (Å²) in [5.41, 5.74) is 1.39. The second-order valence-electron chi connectivity index (χ2n) is 6.67. The van der Waals surface area contributed by atoms with Gasteiger partial charge in [0.1, 0.15) is 17.1 Å². The Morgan fingerprint density at radius 3 is 2.34 bits per heavy atom. The lowest BCUT2D eigenvalue weighted by Crippen LogP contribution is -2.48. The number of piperazine rings is 1. The second kappa shape index (κ2) is 8.61. The number of aromatic nitrogens is 1. The molecule has 0 aliphatic carbocycles. The number of ether oxygens (including phenoxy) is 1. The molecule has 2 aromatic carbocycles. The molecule has 2 heterocycles. The van der Waals surface area contributed by atoms with Crippen molar-refractivity contribution in [2.24, 2.45) is 0 Å². The van der Waals surface area contributed by atoms with E-state index in [2.05, 4.69) is 25.8 Å². The van der Waals surface area contributed by atoms with Gasteiger partial charge in [0.2, 0.25) is 5.88 Å². The van der Waals surface area contributed by atoms with Gasteiger partial charge in [-0.25, -0.2) is 9.37 Å². The number of amides is 1. The lowest BCUT2D eigenvalue weighted by Gasteiger charge is -2.36. The fourth-order valence-electron chi connectivity index (χ4n) is 3.24. The predicted molar refractivity (Wildman–Crippen MR) is 113 cm³/mol. The summed E-state index contributed by atoms with van der Waals surface area (Å²) < 4.78 is 19.9. The van der Waals surface area contributed by atoms with Crippen LogP contribution in [-0.2, 0) is 0 Å². The maximum Gasteiger partial charge on any atom is 0.259 e. The number of rotatable bonds is 4. The molecule has 4 rings (SSSR count). The van der Waals surface area contributed by atoms with Gasteiger partial charge in [-0.05, 0) is 60.7 Å². The van der Waals surface area contributed by atoms with Gasteiger partial charge in [-0.3, -0.25) is 4.79 Å². The summed E-state index contributed by atoms with van der Waals surface area (Å²) in [7, 11) is 0. The van der Waals surface area contributed by atoms with E-state index in [1.807, 2.05) is 24.3 Å². The van der Waals surface area contributed by atoms with E-state index in [4.69, 9.17) is 4.74 Å². The van der Waals surface area contributed by atoms with Gasteiger partial charge in [-0.1, -0.05) is 15.9 Å². The molecule has 7 heteroatoms. The molecule has 1 saturated heterocycles. The van der Waals surface area contributed by atoms with E-state index in [-0.39, 0.29) is 11.7 Å². The summed E-state index contributed by atoms with van der Waals surface area (Å²) in [6.45, 7) is 2.51. The van der Waals surface area contributed by atoms with E-state index in [0.717, 1.165) is 10.2 Å². The van der Waals surface area contributed by atoms with E-state index in [1.54, 1.807) is 35.4 Å². The molecule has 0 saturated carbocycles. The van der Waals surface area contributed by atoms with Gasteiger partial charge in [-0.15, -0.1) is 0 Å². The van der Waals surface area contributed by atoms with Crippen LogP contribution in [0, 0.1) is 5.82 Å². The van der Waals surface area contributed by atoms with Gasteiger partial charge in [0.05, 0.1) is 0 Å². The average molecular weight is 456 g/mol. The fraction of sp³-hybridized carbons (Fsp3) is 0.182. The van der Waals surface area contributed by atoms with Gasteiger partial charge >= 0.3 is 0 Å². The molecule has 0 radical (unpaired) electrons. The summed E-state index contributed by atoms with van der Waals surface area (Å²) >= 11 is 3.39. The van der Waals surface area contributed by atoms with Crippen LogP contribution in [0.1, 0.15) is 10.4 Å². The zero-order chi connectivity index (χ0) is 20.2. The molecule has 1 aliphatic heterocycles. The van der Waals surface area contributed by atoms with Crippen LogP contribution in [0.25, 0.3) is 0 Å². The van der Waals surface area contributed by atoms with Crippen LogP contribution in [0.15, 0.2) is 71.3 Å². The summed E-state index contributed by atoms with van der Waals surface area (Å²) in [6.07, 6.45) is 1.61. The number of carbonyl (C=O) groups excluding carboxylic acids is 1. The Bertz CT molecular complexity index is 988. The molecule has 1 aliphatic rings. The van der Waals surface area contributed by atoms with Crippen molar-refractivity contribution in [1.82, 2.24) is 9.88 Å². The molecular weight excluding hydrogens is 437 g/mol. The van der Waals surface area contributed by atoms with Crippen LogP contribution in [-0.4, -0.2) is 42.0 Å². The monoisotopic (exact) mass is 455 g/mol. The summed E-state index contributed by atoms with van der Waals surface area (Å²) in [6, 6.07) is 17.3. The molecule has 0 spiro atoms. The van der Waals surface area contributed by atoms with E-state index >= 15 is 0 Å². The van der Waals surface area contributed by atoms with Crippen molar-refractivity contribution >= 4 is 27.5 Å². The largest absolute Gasteiger partial charge is 0.438 e.